The molecular formula is C19H19BrO4. The Balaban J connectivity index is 2.19. The van der Waals surface area contributed by atoms with Gasteiger partial charge in [-0.1, -0.05) is 12.1 Å². The summed E-state index contributed by atoms with van der Waals surface area (Å²) in [6.07, 6.45) is 3.29. The molecule has 0 amide bonds. The third-order valence-electron chi connectivity index (χ3n) is 3.35. The van der Waals surface area contributed by atoms with Gasteiger partial charge in [0, 0.05) is 5.56 Å². The van der Waals surface area contributed by atoms with Crippen molar-refractivity contribution in [3.8, 4) is 17.2 Å². The van der Waals surface area contributed by atoms with Crippen LogP contribution < -0.4 is 14.2 Å². The first-order chi connectivity index (χ1) is 11.6. The van der Waals surface area contributed by atoms with Gasteiger partial charge in [-0.3, -0.25) is 4.79 Å². The van der Waals surface area contributed by atoms with Crippen LogP contribution in [0.15, 0.2) is 46.9 Å². The standard InChI is InChI=1S/C19H19BrO4/c1-4-24-19-11-13(6-9-18(19)23-3)5-8-16(21)14-7-10-17(22-2)15(20)12-14/h5-12H,4H2,1-3H3. The predicted octanol–water partition coefficient (Wildman–Crippen LogP) is 4.76. The monoisotopic (exact) mass is 390 g/mol. The maximum atomic E-state index is 12.3. The highest BCUT2D eigenvalue weighted by Crippen LogP contribution is 2.29. The molecular weight excluding hydrogens is 372 g/mol. The SMILES string of the molecule is CCOc1cc(C=CC(=O)c2ccc(OC)c(Br)c2)ccc1OC. The number of methoxy groups -OCH3 is 2. The molecule has 2 aromatic carbocycles. The summed E-state index contributed by atoms with van der Waals surface area (Å²) in [5, 5.41) is 0. The Morgan fingerprint density at radius 3 is 2.38 bits per heavy atom. The fraction of sp³-hybridized carbons (Fsp3) is 0.211. The van der Waals surface area contributed by atoms with Gasteiger partial charge in [0.15, 0.2) is 17.3 Å². The van der Waals surface area contributed by atoms with Crippen molar-refractivity contribution in [2.45, 2.75) is 6.92 Å². The van der Waals surface area contributed by atoms with E-state index in [4.69, 9.17) is 14.2 Å². The second-order valence-corrected chi connectivity index (χ2v) is 5.74. The molecule has 5 heteroatoms. The van der Waals surface area contributed by atoms with Crippen LogP contribution in [0.4, 0.5) is 0 Å². The Hall–Kier alpha value is -2.27. The zero-order valence-electron chi connectivity index (χ0n) is 13.8. The van der Waals surface area contributed by atoms with Crippen molar-refractivity contribution in [2.75, 3.05) is 20.8 Å². The molecule has 0 heterocycles. The smallest absolute Gasteiger partial charge is 0.185 e. The lowest BCUT2D eigenvalue weighted by Gasteiger charge is -2.09. The maximum Gasteiger partial charge on any atom is 0.185 e. The first-order valence-electron chi connectivity index (χ1n) is 7.45. The van der Waals surface area contributed by atoms with E-state index in [1.807, 2.05) is 25.1 Å². The average Bonchev–Trinajstić information content (AvgIpc) is 2.60. The summed E-state index contributed by atoms with van der Waals surface area (Å²) < 4.78 is 16.7. The molecule has 0 N–H and O–H groups in total. The van der Waals surface area contributed by atoms with E-state index in [9.17, 15) is 4.79 Å². The van der Waals surface area contributed by atoms with Crippen LogP contribution in [-0.2, 0) is 0 Å². The Labute approximate surface area is 150 Å². The molecule has 0 bridgehead atoms. The number of halogens is 1. The molecule has 126 valence electrons. The number of carbonyl (C=O) groups is 1. The number of hydrogen-bond donors (Lipinski definition) is 0. The molecule has 0 unspecified atom stereocenters. The molecule has 4 nitrogen and oxygen atoms in total. The Morgan fingerprint density at radius 2 is 1.75 bits per heavy atom. The molecule has 0 saturated heterocycles. The van der Waals surface area contributed by atoms with Crippen molar-refractivity contribution < 1.29 is 19.0 Å². The van der Waals surface area contributed by atoms with Crippen LogP contribution in [0.1, 0.15) is 22.8 Å². The van der Waals surface area contributed by atoms with Crippen LogP contribution in [-0.4, -0.2) is 26.6 Å². The zero-order valence-corrected chi connectivity index (χ0v) is 15.4. The molecule has 0 aliphatic heterocycles. The van der Waals surface area contributed by atoms with Crippen molar-refractivity contribution in [1.82, 2.24) is 0 Å². The van der Waals surface area contributed by atoms with Gasteiger partial charge in [0.05, 0.1) is 25.3 Å². The Bertz CT molecular complexity index is 753. The van der Waals surface area contributed by atoms with Gasteiger partial charge in [-0.15, -0.1) is 0 Å². The first-order valence-corrected chi connectivity index (χ1v) is 8.25. The topological polar surface area (TPSA) is 44.8 Å². The number of hydrogen-bond acceptors (Lipinski definition) is 4. The van der Waals surface area contributed by atoms with E-state index >= 15 is 0 Å². The van der Waals surface area contributed by atoms with Gasteiger partial charge >= 0.3 is 0 Å². The molecule has 0 radical (unpaired) electrons. The van der Waals surface area contributed by atoms with E-state index in [2.05, 4.69) is 15.9 Å². The minimum Gasteiger partial charge on any atom is -0.496 e. The van der Waals surface area contributed by atoms with Gasteiger partial charge in [0.2, 0.25) is 0 Å². The van der Waals surface area contributed by atoms with Crippen LogP contribution in [0.2, 0.25) is 0 Å². The second-order valence-electron chi connectivity index (χ2n) is 4.89. The van der Waals surface area contributed by atoms with Gasteiger partial charge in [-0.2, -0.15) is 0 Å². The molecule has 2 rings (SSSR count). The number of ketones is 1. The average molecular weight is 391 g/mol. The van der Waals surface area contributed by atoms with E-state index in [0.717, 1.165) is 10.0 Å². The van der Waals surface area contributed by atoms with E-state index < -0.39 is 0 Å². The number of ether oxygens (including phenoxy) is 3. The summed E-state index contributed by atoms with van der Waals surface area (Å²) in [7, 11) is 3.18. The van der Waals surface area contributed by atoms with Gasteiger partial charge in [-0.05, 0) is 64.8 Å². The van der Waals surface area contributed by atoms with Crippen molar-refractivity contribution in [3.05, 3.63) is 58.1 Å². The summed E-state index contributed by atoms with van der Waals surface area (Å²) in [4.78, 5) is 12.3. The number of allylic oxidation sites excluding steroid dienone is 1. The molecule has 0 atom stereocenters. The van der Waals surface area contributed by atoms with Crippen molar-refractivity contribution in [3.63, 3.8) is 0 Å². The van der Waals surface area contributed by atoms with Crippen LogP contribution in [0.25, 0.3) is 6.08 Å². The molecule has 24 heavy (non-hydrogen) atoms. The highest BCUT2D eigenvalue weighted by Gasteiger charge is 2.07. The second kappa shape index (κ2) is 8.55. The number of carbonyl (C=O) groups excluding carboxylic acids is 1. The lowest BCUT2D eigenvalue weighted by Crippen LogP contribution is -1.96. The zero-order chi connectivity index (χ0) is 17.5. The largest absolute Gasteiger partial charge is 0.496 e. The van der Waals surface area contributed by atoms with Crippen LogP contribution >= 0.6 is 15.9 Å². The number of benzene rings is 2. The van der Waals surface area contributed by atoms with E-state index in [1.54, 1.807) is 38.5 Å². The third kappa shape index (κ3) is 4.38. The fourth-order valence-electron chi connectivity index (χ4n) is 2.15. The molecule has 0 aliphatic carbocycles. The molecule has 0 spiro atoms. The molecule has 2 aromatic rings. The fourth-order valence-corrected chi connectivity index (χ4v) is 2.69. The lowest BCUT2D eigenvalue weighted by molar-refractivity contribution is 0.104. The first kappa shape index (κ1) is 18.1. The Morgan fingerprint density at radius 1 is 1.04 bits per heavy atom. The van der Waals surface area contributed by atoms with Crippen molar-refractivity contribution >= 4 is 27.8 Å². The van der Waals surface area contributed by atoms with Gasteiger partial charge in [0.25, 0.3) is 0 Å². The van der Waals surface area contributed by atoms with Crippen LogP contribution in [0.5, 0.6) is 17.2 Å². The van der Waals surface area contributed by atoms with E-state index in [1.165, 1.54) is 6.08 Å². The third-order valence-corrected chi connectivity index (χ3v) is 3.97. The van der Waals surface area contributed by atoms with Gasteiger partial charge in [0.1, 0.15) is 5.75 Å². The maximum absolute atomic E-state index is 12.3. The van der Waals surface area contributed by atoms with E-state index in [0.29, 0.717) is 29.4 Å². The number of rotatable bonds is 7. The summed E-state index contributed by atoms with van der Waals surface area (Å²) in [5.74, 6) is 1.92. The molecule has 0 saturated carbocycles. The Kier molecular flexibility index (Phi) is 6.44. The normalized spacial score (nSPS) is 10.7. The van der Waals surface area contributed by atoms with Gasteiger partial charge in [-0.25, -0.2) is 0 Å². The highest BCUT2D eigenvalue weighted by molar-refractivity contribution is 9.10. The summed E-state index contributed by atoms with van der Waals surface area (Å²) >= 11 is 3.38. The quantitative estimate of drug-likeness (QED) is 0.504. The predicted molar refractivity (Wildman–Crippen MR) is 98.2 cm³/mol. The lowest BCUT2D eigenvalue weighted by atomic mass is 10.1. The van der Waals surface area contributed by atoms with Crippen LogP contribution in [0.3, 0.4) is 0 Å². The highest BCUT2D eigenvalue weighted by atomic mass is 79.9. The molecule has 0 aromatic heterocycles. The summed E-state index contributed by atoms with van der Waals surface area (Å²) in [6.45, 7) is 2.45. The van der Waals surface area contributed by atoms with Gasteiger partial charge < -0.3 is 14.2 Å². The minimum absolute atomic E-state index is 0.0906. The van der Waals surface area contributed by atoms with Crippen LogP contribution in [0, 0.1) is 0 Å². The van der Waals surface area contributed by atoms with Crippen molar-refractivity contribution in [1.29, 1.82) is 0 Å². The molecule has 0 fully saturated rings. The van der Waals surface area contributed by atoms with E-state index in [-0.39, 0.29) is 5.78 Å². The molecule has 0 aliphatic rings. The summed E-state index contributed by atoms with van der Waals surface area (Å²) in [5.41, 5.74) is 1.44. The van der Waals surface area contributed by atoms with Crippen molar-refractivity contribution in [2.24, 2.45) is 0 Å². The summed E-state index contributed by atoms with van der Waals surface area (Å²) in [6, 6.07) is 10.8. The minimum atomic E-state index is -0.0906.